The first-order valence-electron chi connectivity index (χ1n) is 10.1. The largest absolute Gasteiger partial charge is 0.504 e. The number of pyridine rings is 2. The van der Waals surface area contributed by atoms with E-state index in [1.54, 1.807) is 18.3 Å². The van der Waals surface area contributed by atoms with Gasteiger partial charge in [0.2, 0.25) is 5.82 Å². The van der Waals surface area contributed by atoms with Crippen molar-refractivity contribution in [3.8, 4) is 17.3 Å². The number of hydrogen-bond acceptors (Lipinski definition) is 6. The minimum Gasteiger partial charge on any atom is -0.504 e. The van der Waals surface area contributed by atoms with E-state index in [4.69, 9.17) is 4.98 Å². The molecule has 4 aromatic rings. The molecule has 0 amide bonds. The number of halogens is 1. The Kier molecular flexibility index (Phi) is 4.74. The summed E-state index contributed by atoms with van der Waals surface area (Å²) >= 11 is 0. The van der Waals surface area contributed by atoms with Gasteiger partial charge in [0, 0.05) is 31.1 Å². The van der Waals surface area contributed by atoms with Crippen LogP contribution in [0.3, 0.4) is 0 Å². The van der Waals surface area contributed by atoms with Crippen molar-refractivity contribution in [2.45, 2.75) is 25.7 Å². The predicted octanol–water partition coefficient (Wildman–Crippen LogP) is 3.84. The number of nitrogens with zero attached hydrogens (tertiary/aromatic N) is 5. The Morgan fingerprint density at radius 2 is 1.83 bits per heavy atom. The first-order chi connectivity index (χ1) is 14.7. The highest BCUT2D eigenvalue weighted by Crippen LogP contribution is 2.37. The number of fused-ring (bicyclic) bond motifs is 1. The van der Waals surface area contributed by atoms with Gasteiger partial charge in [0.1, 0.15) is 23.0 Å². The summed E-state index contributed by atoms with van der Waals surface area (Å²) in [6, 6.07) is 10.0. The fourth-order valence-corrected chi connectivity index (χ4v) is 3.88. The van der Waals surface area contributed by atoms with E-state index in [1.807, 2.05) is 12.1 Å². The first kappa shape index (κ1) is 18.5. The number of piperidine rings is 1. The molecule has 152 valence electrons. The normalized spacial score (nSPS) is 14.4. The monoisotopic (exact) mass is 404 g/mol. The number of aromatic hydroxyl groups is 1. The molecule has 1 saturated heterocycles. The zero-order valence-electron chi connectivity index (χ0n) is 16.3. The van der Waals surface area contributed by atoms with Crippen LogP contribution in [0.25, 0.3) is 22.4 Å². The number of benzene rings is 1. The molecule has 3 aromatic heterocycles. The van der Waals surface area contributed by atoms with Gasteiger partial charge in [-0.1, -0.05) is 12.1 Å². The molecule has 4 heterocycles. The summed E-state index contributed by atoms with van der Waals surface area (Å²) in [6.07, 6.45) is 5.57. The topological polar surface area (TPSA) is 90.8 Å². The third-order valence-electron chi connectivity index (χ3n) is 5.40. The summed E-state index contributed by atoms with van der Waals surface area (Å²) in [5.74, 6) is 1.42. The molecule has 2 N–H and O–H groups in total. The molecular weight excluding hydrogens is 383 g/mol. The van der Waals surface area contributed by atoms with Crippen molar-refractivity contribution >= 4 is 16.7 Å². The molecule has 0 aliphatic carbocycles. The lowest BCUT2D eigenvalue weighted by atomic mass is 10.1. The lowest BCUT2D eigenvalue weighted by Crippen LogP contribution is -2.30. The molecular formula is C22H21FN6O. The number of nitrogens with one attached hydrogen (secondary N) is 1. The van der Waals surface area contributed by atoms with Gasteiger partial charge in [-0.15, -0.1) is 0 Å². The van der Waals surface area contributed by atoms with Gasteiger partial charge in [-0.3, -0.25) is 10.1 Å². The van der Waals surface area contributed by atoms with Crippen LogP contribution >= 0.6 is 0 Å². The summed E-state index contributed by atoms with van der Waals surface area (Å²) in [5, 5.41) is 18.9. The molecule has 1 aliphatic rings. The third kappa shape index (κ3) is 3.45. The smallest absolute Gasteiger partial charge is 0.203 e. The Morgan fingerprint density at radius 1 is 1.03 bits per heavy atom. The zero-order chi connectivity index (χ0) is 20.5. The van der Waals surface area contributed by atoms with Gasteiger partial charge >= 0.3 is 0 Å². The second kappa shape index (κ2) is 7.70. The van der Waals surface area contributed by atoms with Gasteiger partial charge in [-0.05, 0) is 49.1 Å². The van der Waals surface area contributed by atoms with Gasteiger partial charge in [-0.2, -0.15) is 5.10 Å². The van der Waals surface area contributed by atoms with Crippen molar-refractivity contribution in [3.05, 3.63) is 59.8 Å². The maximum absolute atomic E-state index is 13.1. The highest BCUT2D eigenvalue weighted by molar-refractivity contribution is 5.97. The van der Waals surface area contributed by atoms with Crippen molar-refractivity contribution in [2.75, 3.05) is 18.0 Å². The van der Waals surface area contributed by atoms with E-state index in [0.717, 1.165) is 42.7 Å². The third-order valence-corrected chi connectivity index (χ3v) is 5.40. The molecule has 0 bridgehead atoms. The van der Waals surface area contributed by atoms with E-state index in [0.29, 0.717) is 29.3 Å². The highest BCUT2D eigenvalue weighted by atomic mass is 19.1. The van der Waals surface area contributed by atoms with Gasteiger partial charge < -0.3 is 10.0 Å². The first-order valence-corrected chi connectivity index (χ1v) is 10.1. The van der Waals surface area contributed by atoms with Crippen molar-refractivity contribution in [3.63, 3.8) is 0 Å². The van der Waals surface area contributed by atoms with Gasteiger partial charge in [0.05, 0.1) is 0 Å². The number of anilines is 1. The molecule has 1 aromatic carbocycles. The number of H-pyrrole nitrogens is 1. The van der Waals surface area contributed by atoms with Gasteiger partial charge in [-0.25, -0.2) is 14.4 Å². The van der Waals surface area contributed by atoms with Crippen LogP contribution in [-0.4, -0.2) is 43.3 Å². The van der Waals surface area contributed by atoms with Crippen LogP contribution in [0.1, 0.15) is 30.7 Å². The van der Waals surface area contributed by atoms with E-state index < -0.39 is 0 Å². The Hall–Kier alpha value is -3.55. The van der Waals surface area contributed by atoms with E-state index in [2.05, 4.69) is 25.1 Å². The van der Waals surface area contributed by atoms with Crippen LogP contribution in [0.15, 0.2) is 42.6 Å². The molecule has 0 spiro atoms. The predicted molar refractivity (Wildman–Crippen MR) is 112 cm³/mol. The molecule has 1 aliphatic heterocycles. The minimum absolute atomic E-state index is 0.0290. The maximum Gasteiger partial charge on any atom is 0.203 e. The van der Waals surface area contributed by atoms with Crippen molar-refractivity contribution in [1.82, 2.24) is 25.1 Å². The van der Waals surface area contributed by atoms with Crippen molar-refractivity contribution < 1.29 is 9.50 Å². The van der Waals surface area contributed by atoms with Crippen molar-refractivity contribution in [1.29, 1.82) is 0 Å². The fourth-order valence-electron chi connectivity index (χ4n) is 3.88. The summed E-state index contributed by atoms with van der Waals surface area (Å²) in [6.45, 7) is 1.84. The number of aromatic amines is 1. The van der Waals surface area contributed by atoms with Crippen LogP contribution < -0.4 is 4.90 Å². The minimum atomic E-state index is -0.278. The number of aromatic nitrogens is 5. The molecule has 0 saturated carbocycles. The number of rotatable bonds is 4. The molecule has 0 unspecified atom stereocenters. The van der Waals surface area contributed by atoms with Crippen LogP contribution in [0.5, 0.6) is 5.75 Å². The molecule has 0 radical (unpaired) electrons. The summed E-state index contributed by atoms with van der Waals surface area (Å²) in [5.41, 5.74) is 1.71. The Balaban J connectivity index is 1.55. The zero-order valence-corrected chi connectivity index (χ0v) is 16.3. The fraction of sp³-hybridized carbons (Fsp3) is 0.273. The van der Waals surface area contributed by atoms with Crippen LogP contribution in [-0.2, 0) is 6.42 Å². The Labute approximate surface area is 172 Å². The van der Waals surface area contributed by atoms with E-state index in [9.17, 15) is 9.50 Å². The lowest BCUT2D eigenvalue weighted by molar-refractivity contribution is 0.479. The summed E-state index contributed by atoms with van der Waals surface area (Å²) in [4.78, 5) is 15.9. The average molecular weight is 404 g/mol. The van der Waals surface area contributed by atoms with E-state index >= 15 is 0 Å². The molecule has 1 fully saturated rings. The molecule has 7 nitrogen and oxygen atoms in total. The molecule has 5 rings (SSSR count). The van der Waals surface area contributed by atoms with Gasteiger partial charge in [0.25, 0.3) is 0 Å². The quantitative estimate of drug-likeness (QED) is 0.537. The Bertz CT molecular complexity index is 1180. The van der Waals surface area contributed by atoms with Crippen LogP contribution in [0.2, 0.25) is 0 Å². The van der Waals surface area contributed by atoms with Crippen LogP contribution in [0.4, 0.5) is 10.2 Å². The summed E-state index contributed by atoms with van der Waals surface area (Å²) < 4.78 is 13.1. The maximum atomic E-state index is 13.1. The molecule has 30 heavy (non-hydrogen) atoms. The Morgan fingerprint density at radius 3 is 2.63 bits per heavy atom. The van der Waals surface area contributed by atoms with Crippen molar-refractivity contribution in [2.24, 2.45) is 0 Å². The highest BCUT2D eigenvalue weighted by Gasteiger charge is 2.23. The van der Waals surface area contributed by atoms with Crippen LogP contribution in [0, 0.1) is 5.82 Å². The molecule has 8 heteroatoms. The second-order valence-corrected chi connectivity index (χ2v) is 7.49. The van der Waals surface area contributed by atoms with E-state index in [-0.39, 0.29) is 11.6 Å². The molecule has 0 atom stereocenters. The average Bonchev–Trinajstić information content (AvgIpc) is 3.25. The number of hydrogen-bond donors (Lipinski definition) is 2. The van der Waals surface area contributed by atoms with E-state index in [1.165, 1.54) is 18.6 Å². The lowest BCUT2D eigenvalue weighted by Gasteiger charge is -2.29. The van der Waals surface area contributed by atoms with Gasteiger partial charge in [0.15, 0.2) is 11.4 Å². The standard InChI is InChI=1S/C22H21FN6O/c23-15-8-6-14(7-9-15)13-17-25-21(28-27-17)19-20(30)18-16(5-4-10-24-18)22(26-19)29-11-2-1-3-12-29/h4-10,30H,1-3,11-13H2,(H,25,27,28). The second-order valence-electron chi connectivity index (χ2n) is 7.49. The summed E-state index contributed by atoms with van der Waals surface area (Å²) in [7, 11) is 0. The SMILES string of the molecule is Oc1c(-c2n[nH]c(Cc3ccc(F)cc3)n2)nc(N2CCCCC2)c2cccnc12.